The molecule has 3 aromatic rings. The van der Waals surface area contributed by atoms with Crippen LogP contribution in [-0.4, -0.2) is 9.55 Å². The molecule has 0 aliphatic heterocycles. The van der Waals surface area contributed by atoms with Crippen LogP contribution in [0.2, 0.25) is 0 Å². The fourth-order valence-electron chi connectivity index (χ4n) is 2.32. The van der Waals surface area contributed by atoms with Crippen molar-refractivity contribution in [1.29, 1.82) is 0 Å². The summed E-state index contributed by atoms with van der Waals surface area (Å²) in [6.07, 6.45) is 1.53. The fraction of sp³-hybridized carbons (Fsp3) is 0.125. The van der Waals surface area contributed by atoms with E-state index < -0.39 is 0 Å². The SMILES string of the molecule is C=C(Cl)Cn1cnc2sc(-c3ccccc3)c(C)c2c1=O. The summed E-state index contributed by atoms with van der Waals surface area (Å²) in [6, 6.07) is 10.0. The quantitative estimate of drug-likeness (QED) is 0.726. The van der Waals surface area contributed by atoms with Gasteiger partial charge in [-0.2, -0.15) is 0 Å². The second-order valence-electron chi connectivity index (χ2n) is 4.80. The van der Waals surface area contributed by atoms with Crippen LogP contribution in [0.25, 0.3) is 20.7 Å². The molecule has 0 radical (unpaired) electrons. The van der Waals surface area contributed by atoms with E-state index in [9.17, 15) is 4.79 Å². The molecule has 0 N–H and O–H groups in total. The number of fused-ring (bicyclic) bond motifs is 1. The Hall–Kier alpha value is -1.91. The zero-order chi connectivity index (χ0) is 15.0. The standard InChI is InChI=1S/C16H13ClN2OS/c1-10(17)8-19-9-18-15-13(16(19)20)11(2)14(21-15)12-6-4-3-5-7-12/h3-7,9H,1,8H2,2H3. The third kappa shape index (κ3) is 2.52. The molecule has 0 bridgehead atoms. The summed E-state index contributed by atoms with van der Waals surface area (Å²) in [5.41, 5.74) is 2.00. The van der Waals surface area contributed by atoms with Crippen LogP contribution in [0.5, 0.6) is 0 Å². The normalized spacial score (nSPS) is 11.0. The minimum absolute atomic E-state index is 0.0715. The average Bonchev–Trinajstić information content (AvgIpc) is 2.80. The Morgan fingerprint density at radius 2 is 2.10 bits per heavy atom. The largest absolute Gasteiger partial charge is 0.293 e. The van der Waals surface area contributed by atoms with Crippen LogP contribution in [0.1, 0.15) is 5.56 Å². The van der Waals surface area contributed by atoms with Gasteiger partial charge in [0.15, 0.2) is 0 Å². The summed E-state index contributed by atoms with van der Waals surface area (Å²) in [5, 5.41) is 1.08. The molecule has 2 heterocycles. The maximum absolute atomic E-state index is 12.6. The van der Waals surface area contributed by atoms with E-state index in [0.717, 1.165) is 20.8 Å². The van der Waals surface area contributed by atoms with Gasteiger partial charge in [-0.3, -0.25) is 9.36 Å². The van der Waals surface area contributed by atoms with Crippen LogP contribution in [0.4, 0.5) is 0 Å². The number of hydrogen-bond acceptors (Lipinski definition) is 3. The van der Waals surface area contributed by atoms with Crippen LogP contribution >= 0.6 is 22.9 Å². The molecule has 0 amide bonds. The van der Waals surface area contributed by atoms with Gasteiger partial charge >= 0.3 is 0 Å². The second-order valence-corrected chi connectivity index (χ2v) is 6.33. The fourth-order valence-corrected chi connectivity index (χ4v) is 3.60. The van der Waals surface area contributed by atoms with Crippen molar-refractivity contribution in [2.45, 2.75) is 13.5 Å². The molecule has 0 unspecified atom stereocenters. The van der Waals surface area contributed by atoms with Crippen molar-refractivity contribution in [3.8, 4) is 10.4 Å². The van der Waals surface area contributed by atoms with Crippen molar-refractivity contribution < 1.29 is 0 Å². The third-order valence-electron chi connectivity index (χ3n) is 3.30. The lowest BCUT2D eigenvalue weighted by Gasteiger charge is -2.03. The molecule has 3 rings (SSSR count). The smallest absolute Gasteiger partial charge is 0.262 e. The maximum atomic E-state index is 12.6. The van der Waals surface area contributed by atoms with Crippen molar-refractivity contribution in [1.82, 2.24) is 9.55 Å². The Morgan fingerprint density at radius 3 is 2.76 bits per heavy atom. The number of halogens is 1. The highest BCUT2D eigenvalue weighted by Crippen LogP contribution is 2.35. The van der Waals surface area contributed by atoms with E-state index in [4.69, 9.17) is 11.6 Å². The highest BCUT2D eigenvalue weighted by Gasteiger charge is 2.15. The lowest BCUT2D eigenvalue weighted by Crippen LogP contribution is -2.20. The third-order valence-corrected chi connectivity index (χ3v) is 4.66. The molecule has 21 heavy (non-hydrogen) atoms. The van der Waals surface area contributed by atoms with E-state index in [2.05, 4.69) is 11.6 Å². The molecule has 2 aromatic heterocycles. The van der Waals surface area contributed by atoms with Gasteiger partial charge in [-0.05, 0) is 18.1 Å². The summed E-state index contributed by atoms with van der Waals surface area (Å²) >= 11 is 7.34. The molecule has 106 valence electrons. The summed E-state index contributed by atoms with van der Waals surface area (Å²) in [4.78, 5) is 18.8. The molecule has 0 saturated heterocycles. The van der Waals surface area contributed by atoms with E-state index in [1.54, 1.807) is 0 Å². The first kappa shape index (κ1) is 14.0. The van der Waals surface area contributed by atoms with Crippen molar-refractivity contribution in [2.24, 2.45) is 0 Å². The van der Waals surface area contributed by atoms with Gasteiger partial charge < -0.3 is 0 Å². The molecular formula is C16H13ClN2OS. The average molecular weight is 317 g/mol. The molecule has 1 aromatic carbocycles. The topological polar surface area (TPSA) is 34.9 Å². The van der Waals surface area contributed by atoms with Gasteiger partial charge in [-0.15, -0.1) is 11.3 Å². The van der Waals surface area contributed by atoms with Crippen molar-refractivity contribution in [2.75, 3.05) is 0 Å². The first-order valence-electron chi connectivity index (χ1n) is 6.45. The van der Waals surface area contributed by atoms with Gasteiger partial charge in [-0.25, -0.2) is 4.98 Å². The minimum atomic E-state index is -0.0715. The van der Waals surface area contributed by atoms with Gasteiger partial charge in [0, 0.05) is 9.91 Å². The molecule has 0 aliphatic rings. The lowest BCUT2D eigenvalue weighted by molar-refractivity contribution is 0.760. The van der Waals surface area contributed by atoms with Gasteiger partial charge in [0.2, 0.25) is 0 Å². The predicted octanol–water partition coefficient (Wildman–Crippen LogP) is 4.19. The van der Waals surface area contributed by atoms with E-state index in [1.807, 2.05) is 37.3 Å². The highest BCUT2D eigenvalue weighted by molar-refractivity contribution is 7.22. The summed E-state index contributed by atoms with van der Waals surface area (Å²) < 4.78 is 1.49. The summed E-state index contributed by atoms with van der Waals surface area (Å²) in [7, 11) is 0. The first-order valence-corrected chi connectivity index (χ1v) is 7.64. The van der Waals surface area contributed by atoms with E-state index in [1.165, 1.54) is 22.2 Å². The Bertz CT molecular complexity index is 880. The van der Waals surface area contributed by atoms with Gasteiger partial charge in [0.25, 0.3) is 5.56 Å². The van der Waals surface area contributed by atoms with Crippen LogP contribution in [0.15, 0.2) is 53.1 Å². The minimum Gasteiger partial charge on any atom is -0.293 e. The molecule has 0 atom stereocenters. The van der Waals surface area contributed by atoms with Gasteiger partial charge in [0.1, 0.15) is 4.83 Å². The molecule has 0 fully saturated rings. The number of thiophene rings is 1. The van der Waals surface area contributed by atoms with Crippen LogP contribution < -0.4 is 5.56 Å². The number of hydrogen-bond donors (Lipinski definition) is 0. The zero-order valence-corrected chi connectivity index (χ0v) is 13.0. The molecule has 5 heteroatoms. The molecule has 0 saturated carbocycles. The number of nitrogens with zero attached hydrogens (tertiary/aromatic N) is 2. The first-order chi connectivity index (χ1) is 10.1. The number of allylic oxidation sites excluding steroid dienone is 1. The van der Waals surface area contributed by atoms with Crippen molar-refractivity contribution in [3.63, 3.8) is 0 Å². The molecule has 0 spiro atoms. The van der Waals surface area contributed by atoms with E-state index in [0.29, 0.717) is 10.4 Å². The number of rotatable bonds is 3. The van der Waals surface area contributed by atoms with Crippen molar-refractivity contribution in [3.05, 3.63) is 64.2 Å². The number of aromatic nitrogens is 2. The predicted molar refractivity (Wildman–Crippen MR) is 89.0 cm³/mol. The highest BCUT2D eigenvalue weighted by atomic mass is 35.5. The molecule has 0 aliphatic carbocycles. The van der Waals surface area contributed by atoms with Gasteiger partial charge in [0.05, 0.1) is 18.3 Å². The Morgan fingerprint density at radius 1 is 1.38 bits per heavy atom. The number of benzene rings is 1. The Balaban J connectivity index is 2.24. The van der Waals surface area contributed by atoms with E-state index >= 15 is 0 Å². The second kappa shape index (κ2) is 5.47. The monoisotopic (exact) mass is 316 g/mol. The molecule has 3 nitrogen and oxygen atoms in total. The lowest BCUT2D eigenvalue weighted by atomic mass is 10.1. The Kier molecular flexibility index (Phi) is 3.66. The van der Waals surface area contributed by atoms with Crippen molar-refractivity contribution >= 4 is 33.2 Å². The Labute approximate surface area is 131 Å². The summed E-state index contributed by atoms with van der Waals surface area (Å²) in [5.74, 6) is 0. The van der Waals surface area contributed by atoms with Gasteiger partial charge in [-0.1, -0.05) is 48.5 Å². The van der Waals surface area contributed by atoms with E-state index in [-0.39, 0.29) is 12.1 Å². The van der Waals surface area contributed by atoms with Crippen LogP contribution in [-0.2, 0) is 6.54 Å². The summed E-state index contributed by atoms with van der Waals surface area (Å²) in [6.45, 7) is 5.87. The molecular weight excluding hydrogens is 304 g/mol. The zero-order valence-electron chi connectivity index (χ0n) is 11.5. The maximum Gasteiger partial charge on any atom is 0.262 e. The van der Waals surface area contributed by atoms with Crippen LogP contribution in [0, 0.1) is 6.92 Å². The number of aryl methyl sites for hydroxylation is 1. The van der Waals surface area contributed by atoms with Crippen LogP contribution in [0.3, 0.4) is 0 Å².